The summed E-state index contributed by atoms with van der Waals surface area (Å²) in [4.78, 5) is 12.7. The molecule has 1 fully saturated rings. The van der Waals surface area contributed by atoms with E-state index in [2.05, 4.69) is 18.0 Å². The highest BCUT2D eigenvalue weighted by Gasteiger charge is 2.19. The maximum Gasteiger partial charge on any atom is 0.262 e. The fourth-order valence-electron chi connectivity index (χ4n) is 4.06. The largest absolute Gasteiger partial charge is 0.490 e. The quantitative estimate of drug-likeness (QED) is 0.243. The van der Waals surface area contributed by atoms with Crippen molar-refractivity contribution < 1.29 is 14.3 Å². The van der Waals surface area contributed by atoms with Gasteiger partial charge in [-0.05, 0) is 67.7 Å². The zero-order valence-electron chi connectivity index (χ0n) is 19.6. The average molecular weight is 479 g/mol. The topological polar surface area (TPSA) is 71.4 Å². The number of nitrogens with zero attached hydrogens (tertiary/aromatic N) is 1. The molecule has 2 aromatic rings. The van der Waals surface area contributed by atoms with Crippen LogP contribution in [0, 0.1) is 11.3 Å². The van der Waals surface area contributed by atoms with Crippen LogP contribution < -0.4 is 14.8 Å². The van der Waals surface area contributed by atoms with Crippen LogP contribution in [0.1, 0.15) is 55.7 Å². The maximum atomic E-state index is 12.7. The number of amides is 1. The average Bonchev–Trinajstić information content (AvgIpc) is 2.84. The lowest BCUT2D eigenvalue weighted by atomic mass is 9.95. The van der Waals surface area contributed by atoms with Crippen LogP contribution in [0.25, 0.3) is 6.08 Å². The van der Waals surface area contributed by atoms with Crippen molar-refractivity contribution in [2.24, 2.45) is 0 Å². The van der Waals surface area contributed by atoms with Gasteiger partial charge in [-0.15, -0.1) is 6.58 Å². The lowest BCUT2D eigenvalue weighted by Crippen LogP contribution is -2.36. The van der Waals surface area contributed by atoms with Crippen LogP contribution in [-0.2, 0) is 17.8 Å². The third-order valence-corrected chi connectivity index (χ3v) is 5.98. The molecular weight excluding hydrogens is 448 g/mol. The lowest BCUT2D eigenvalue weighted by molar-refractivity contribution is -0.117. The Kier molecular flexibility index (Phi) is 9.61. The summed E-state index contributed by atoms with van der Waals surface area (Å²) in [6, 6.07) is 13.4. The molecule has 0 spiro atoms. The number of allylic oxidation sites excluding steroid dienone is 1. The molecule has 1 amide bonds. The summed E-state index contributed by atoms with van der Waals surface area (Å²) in [5.74, 6) is 0.853. The Bertz CT molecular complexity index is 1060. The second-order valence-electron chi connectivity index (χ2n) is 8.33. The monoisotopic (exact) mass is 478 g/mol. The van der Waals surface area contributed by atoms with E-state index in [0.29, 0.717) is 41.7 Å². The van der Waals surface area contributed by atoms with E-state index in [1.165, 1.54) is 6.42 Å². The zero-order chi connectivity index (χ0) is 24.3. The summed E-state index contributed by atoms with van der Waals surface area (Å²) in [7, 11) is 0. The fourth-order valence-corrected chi connectivity index (χ4v) is 4.19. The smallest absolute Gasteiger partial charge is 0.262 e. The molecule has 6 heteroatoms. The van der Waals surface area contributed by atoms with Crippen LogP contribution in [0.15, 0.2) is 54.6 Å². The number of ether oxygens (including phenoxy) is 2. The Hall–Kier alpha value is -3.23. The Morgan fingerprint density at radius 3 is 2.59 bits per heavy atom. The summed E-state index contributed by atoms with van der Waals surface area (Å²) in [5, 5.41) is 13.3. The first kappa shape index (κ1) is 25.4. The van der Waals surface area contributed by atoms with Crippen LogP contribution in [0.3, 0.4) is 0 Å². The number of carbonyl (C=O) groups is 1. The van der Waals surface area contributed by atoms with Crippen molar-refractivity contribution in [1.29, 1.82) is 5.26 Å². The van der Waals surface area contributed by atoms with E-state index in [9.17, 15) is 10.1 Å². The van der Waals surface area contributed by atoms with E-state index in [4.69, 9.17) is 21.1 Å². The molecular formula is C28H31ClN2O3. The number of rotatable bonds is 10. The SMILES string of the molecule is C=CCc1cc(/C=C(\C#N)C(=O)NC2CCCCC2)cc(OCC)c1OCc1ccc(Cl)cc1. The Morgan fingerprint density at radius 1 is 1.21 bits per heavy atom. The minimum atomic E-state index is -0.333. The second kappa shape index (κ2) is 12.9. The highest BCUT2D eigenvalue weighted by Crippen LogP contribution is 2.35. The first-order valence-electron chi connectivity index (χ1n) is 11.7. The molecule has 3 rings (SSSR count). The van der Waals surface area contributed by atoms with Crippen molar-refractivity contribution in [2.75, 3.05) is 6.61 Å². The first-order valence-corrected chi connectivity index (χ1v) is 12.1. The third kappa shape index (κ3) is 7.13. The van der Waals surface area contributed by atoms with Gasteiger partial charge in [-0.25, -0.2) is 0 Å². The van der Waals surface area contributed by atoms with Crippen molar-refractivity contribution in [1.82, 2.24) is 5.32 Å². The standard InChI is InChI=1S/C28H31ClN2O3/c1-3-8-22-15-21(16-23(18-30)28(32)31-25-9-6-5-7-10-25)17-26(33-4-2)27(22)34-19-20-11-13-24(29)14-12-20/h3,11-17,25H,1,4-10,19H2,2H3,(H,31,32)/b23-16+. The normalized spacial score (nSPS) is 14.2. The summed E-state index contributed by atoms with van der Waals surface area (Å²) < 4.78 is 12.0. The summed E-state index contributed by atoms with van der Waals surface area (Å²) >= 11 is 5.98. The van der Waals surface area contributed by atoms with Crippen molar-refractivity contribution >= 4 is 23.6 Å². The van der Waals surface area contributed by atoms with Crippen LogP contribution >= 0.6 is 11.6 Å². The van der Waals surface area contributed by atoms with Gasteiger partial charge >= 0.3 is 0 Å². The number of nitriles is 1. The Labute approximate surface area is 207 Å². The van der Waals surface area contributed by atoms with Gasteiger partial charge in [-0.3, -0.25) is 4.79 Å². The second-order valence-corrected chi connectivity index (χ2v) is 8.76. The van der Waals surface area contributed by atoms with Gasteiger partial charge in [-0.1, -0.05) is 49.1 Å². The van der Waals surface area contributed by atoms with Crippen LogP contribution in [0.4, 0.5) is 0 Å². The molecule has 1 saturated carbocycles. The van der Waals surface area contributed by atoms with Gasteiger partial charge in [0.2, 0.25) is 0 Å². The van der Waals surface area contributed by atoms with E-state index < -0.39 is 0 Å². The summed E-state index contributed by atoms with van der Waals surface area (Å²) in [5.41, 5.74) is 2.62. The minimum absolute atomic E-state index is 0.0763. The minimum Gasteiger partial charge on any atom is -0.490 e. The molecule has 0 aromatic heterocycles. The molecule has 1 aliphatic carbocycles. The molecule has 5 nitrogen and oxygen atoms in total. The van der Waals surface area contributed by atoms with Gasteiger partial charge in [0.05, 0.1) is 6.61 Å². The van der Waals surface area contributed by atoms with Gasteiger partial charge in [0.25, 0.3) is 5.91 Å². The molecule has 0 atom stereocenters. The van der Waals surface area contributed by atoms with Crippen LogP contribution in [-0.4, -0.2) is 18.6 Å². The van der Waals surface area contributed by atoms with Crippen molar-refractivity contribution in [3.63, 3.8) is 0 Å². The van der Waals surface area contributed by atoms with Crippen molar-refractivity contribution in [3.05, 3.63) is 76.3 Å². The maximum absolute atomic E-state index is 12.7. The first-order chi connectivity index (χ1) is 16.5. The number of hydrogen-bond acceptors (Lipinski definition) is 4. The number of benzene rings is 2. The highest BCUT2D eigenvalue weighted by molar-refractivity contribution is 6.30. The molecule has 2 aromatic carbocycles. The van der Waals surface area contributed by atoms with Gasteiger partial charge in [0.1, 0.15) is 18.2 Å². The van der Waals surface area contributed by atoms with Crippen molar-refractivity contribution in [2.45, 2.75) is 58.1 Å². The van der Waals surface area contributed by atoms with Crippen LogP contribution in [0.5, 0.6) is 11.5 Å². The van der Waals surface area contributed by atoms with Gasteiger partial charge in [-0.2, -0.15) is 5.26 Å². The number of nitrogens with one attached hydrogen (secondary N) is 1. The van der Waals surface area contributed by atoms with Crippen LogP contribution in [0.2, 0.25) is 5.02 Å². The molecule has 0 bridgehead atoms. The lowest BCUT2D eigenvalue weighted by Gasteiger charge is -2.22. The van der Waals surface area contributed by atoms with E-state index in [0.717, 1.165) is 36.8 Å². The Balaban J connectivity index is 1.87. The predicted molar refractivity (Wildman–Crippen MR) is 136 cm³/mol. The van der Waals surface area contributed by atoms with Gasteiger partial charge in [0.15, 0.2) is 11.5 Å². The summed E-state index contributed by atoms with van der Waals surface area (Å²) in [6.45, 7) is 6.56. The molecule has 34 heavy (non-hydrogen) atoms. The number of carbonyl (C=O) groups excluding carboxylic acids is 1. The zero-order valence-corrected chi connectivity index (χ0v) is 20.4. The fraction of sp³-hybridized carbons (Fsp3) is 0.357. The molecule has 1 aliphatic rings. The number of halogens is 1. The molecule has 1 N–H and O–H groups in total. The number of hydrogen-bond donors (Lipinski definition) is 1. The van der Waals surface area contributed by atoms with Gasteiger partial charge < -0.3 is 14.8 Å². The van der Waals surface area contributed by atoms with Gasteiger partial charge in [0, 0.05) is 16.6 Å². The molecule has 0 radical (unpaired) electrons. The summed E-state index contributed by atoms with van der Waals surface area (Å²) in [6.07, 6.45) is 9.28. The van der Waals surface area contributed by atoms with Crippen molar-refractivity contribution in [3.8, 4) is 17.6 Å². The van der Waals surface area contributed by atoms with E-state index in [1.807, 2.05) is 37.3 Å². The van der Waals surface area contributed by atoms with E-state index in [1.54, 1.807) is 18.2 Å². The highest BCUT2D eigenvalue weighted by atomic mass is 35.5. The Morgan fingerprint density at radius 2 is 1.94 bits per heavy atom. The molecule has 178 valence electrons. The molecule has 0 heterocycles. The third-order valence-electron chi connectivity index (χ3n) is 5.73. The van der Waals surface area contributed by atoms with E-state index >= 15 is 0 Å². The molecule has 0 aliphatic heterocycles. The van der Waals surface area contributed by atoms with E-state index in [-0.39, 0.29) is 17.5 Å². The molecule has 0 saturated heterocycles. The predicted octanol–water partition coefficient (Wildman–Crippen LogP) is 6.40. The molecule has 0 unspecified atom stereocenters.